The van der Waals surface area contributed by atoms with Gasteiger partial charge in [-0.05, 0) is 24.3 Å². The second-order valence-corrected chi connectivity index (χ2v) is 6.04. The molecule has 0 radical (unpaired) electrons. The SMILES string of the molecule is CC1(C)CCCN(C(=O)c2ccc([N+](=O)[O-])cc2F)[C@H]1C#N. The van der Waals surface area contributed by atoms with Crippen molar-refractivity contribution in [1.29, 1.82) is 5.26 Å². The van der Waals surface area contributed by atoms with Gasteiger partial charge in [0.15, 0.2) is 0 Å². The molecule has 6 nitrogen and oxygen atoms in total. The second-order valence-electron chi connectivity index (χ2n) is 6.04. The molecule has 0 N–H and O–H groups in total. The van der Waals surface area contributed by atoms with Crippen LogP contribution >= 0.6 is 0 Å². The Morgan fingerprint density at radius 2 is 2.23 bits per heavy atom. The summed E-state index contributed by atoms with van der Waals surface area (Å²) < 4.78 is 14.0. The van der Waals surface area contributed by atoms with Crippen molar-refractivity contribution in [3.63, 3.8) is 0 Å². The number of carbonyl (C=O) groups is 1. The van der Waals surface area contributed by atoms with Crippen LogP contribution in [0.5, 0.6) is 0 Å². The van der Waals surface area contributed by atoms with E-state index in [1.54, 1.807) is 0 Å². The first-order valence-electron chi connectivity index (χ1n) is 6.92. The van der Waals surface area contributed by atoms with Gasteiger partial charge in [0.2, 0.25) is 0 Å². The predicted molar refractivity (Wildman–Crippen MR) is 76.5 cm³/mol. The molecular weight excluding hydrogens is 289 g/mol. The van der Waals surface area contributed by atoms with Gasteiger partial charge in [0.25, 0.3) is 11.6 Å². The molecule has 0 aliphatic carbocycles. The maximum absolute atomic E-state index is 14.0. The first-order chi connectivity index (χ1) is 10.3. The lowest BCUT2D eigenvalue weighted by molar-refractivity contribution is -0.385. The summed E-state index contributed by atoms with van der Waals surface area (Å²) in [5, 5.41) is 20.0. The zero-order valence-corrected chi connectivity index (χ0v) is 12.4. The maximum Gasteiger partial charge on any atom is 0.272 e. The number of nitro groups is 1. The summed E-state index contributed by atoms with van der Waals surface area (Å²) >= 11 is 0. The minimum absolute atomic E-state index is 0.247. The number of benzene rings is 1. The van der Waals surface area contributed by atoms with E-state index in [-0.39, 0.29) is 11.0 Å². The van der Waals surface area contributed by atoms with Gasteiger partial charge >= 0.3 is 0 Å². The number of nitriles is 1. The zero-order valence-electron chi connectivity index (χ0n) is 12.4. The van der Waals surface area contributed by atoms with E-state index in [4.69, 9.17) is 0 Å². The summed E-state index contributed by atoms with van der Waals surface area (Å²) in [7, 11) is 0. The summed E-state index contributed by atoms with van der Waals surface area (Å²) in [6.45, 7) is 4.16. The van der Waals surface area contributed by atoms with Gasteiger partial charge in [-0.2, -0.15) is 5.26 Å². The molecule has 1 aliphatic heterocycles. The third kappa shape index (κ3) is 2.77. The van der Waals surface area contributed by atoms with Crippen molar-refractivity contribution in [1.82, 2.24) is 4.90 Å². The minimum atomic E-state index is -0.945. The molecule has 22 heavy (non-hydrogen) atoms. The number of halogens is 1. The Morgan fingerprint density at radius 1 is 1.55 bits per heavy atom. The normalized spacial score (nSPS) is 20.3. The number of nitro benzene ring substituents is 1. The van der Waals surface area contributed by atoms with Crippen molar-refractivity contribution >= 4 is 11.6 Å². The number of amides is 1. The summed E-state index contributed by atoms with van der Waals surface area (Å²) in [5.74, 6) is -1.55. The number of nitrogens with zero attached hydrogens (tertiary/aromatic N) is 3. The van der Waals surface area contributed by atoms with E-state index in [1.807, 2.05) is 13.8 Å². The van der Waals surface area contributed by atoms with E-state index in [0.717, 1.165) is 31.0 Å². The van der Waals surface area contributed by atoms with Crippen LogP contribution in [0.25, 0.3) is 0 Å². The van der Waals surface area contributed by atoms with Crippen LogP contribution in [-0.4, -0.2) is 28.3 Å². The Hall–Kier alpha value is -2.49. The van der Waals surface area contributed by atoms with Crippen molar-refractivity contribution in [2.45, 2.75) is 32.7 Å². The Bertz CT molecular complexity index is 666. The van der Waals surface area contributed by atoms with Crippen LogP contribution in [-0.2, 0) is 0 Å². The molecule has 1 saturated heterocycles. The first kappa shape index (κ1) is 15.9. The molecule has 1 heterocycles. The minimum Gasteiger partial charge on any atom is -0.322 e. The van der Waals surface area contributed by atoms with E-state index < -0.39 is 28.4 Å². The number of hydrogen-bond acceptors (Lipinski definition) is 4. The molecule has 1 atom stereocenters. The molecule has 0 bridgehead atoms. The highest BCUT2D eigenvalue weighted by Gasteiger charge is 2.40. The van der Waals surface area contributed by atoms with Crippen molar-refractivity contribution in [2.24, 2.45) is 5.41 Å². The molecule has 1 aromatic carbocycles. The molecule has 1 fully saturated rings. The molecule has 0 saturated carbocycles. The Balaban J connectivity index is 2.35. The molecule has 1 aliphatic rings. The van der Waals surface area contributed by atoms with Crippen molar-refractivity contribution in [3.05, 3.63) is 39.7 Å². The standard InChI is InChI=1S/C15H16FN3O3/c1-15(2)6-3-7-18(13(15)9-17)14(20)11-5-4-10(19(21)22)8-12(11)16/h4-5,8,13H,3,6-7H2,1-2H3/t13-/m0/s1. The quantitative estimate of drug-likeness (QED) is 0.621. The zero-order chi connectivity index (χ0) is 16.5. The lowest BCUT2D eigenvalue weighted by atomic mass is 9.77. The molecule has 0 aromatic heterocycles. The van der Waals surface area contributed by atoms with E-state index in [0.29, 0.717) is 6.54 Å². The molecule has 2 rings (SSSR count). The van der Waals surface area contributed by atoms with Crippen LogP contribution in [0.3, 0.4) is 0 Å². The highest BCUT2D eigenvalue weighted by molar-refractivity contribution is 5.95. The fraction of sp³-hybridized carbons (Fsp3) is 0.467. The average molecular weight is 305 g/mol. The Morgan fingerprint density at radius 3 is 2.77 bits per heavy atom. The van der Waals surface area contributed by atoms with E-state index >= 15 is 0 Å². The van der Waals surface area contributed by atoms with Gasteiger partial charge < -0.3 is 4.90 Å². The van der Waals surface area contributed by atoms with Gasteiger partial charge in [-0.25, -0.2) is 4.39 Å². The monoisotopic (exact) mass is 305 g/mol. The molecule has 0 spiro atoms. The third-order valence-corrected chi connectivity index (χ3v) is 4.05. The second kappa shape index (κ2) is 5.72. The van der Waals surface area contributed by atoms with Crippen molar-refractivity contribution < 1.29 is 14.1 Å². The molecular formula is C15H16FN3O3. The van der Waals surface area contributed by atoms with Gasteiger partial charge in [0, 0.05) is 12.6 Å². The predicted octanol–water partition coefficient (Wildman–Crippen LogP) is 2.89. The number of likely N-dealkylation sites (tertiary alicyclic amines) is 1. The van der Waals surface area contributed by atoms with Crippen LogP contribution in [0.15, 0.2) is 18.2 Å². The van der Waals surface area contributed by atoms with Gasteiger partial charge in [-0.15, -0.1) is 0 Å². The number of carbonyl (C=O) groups excluding carboxylic acids is 1. The smallest absolute Gasteiger partial charge is 0.272 e. The fourth-order valence-electron chi connectivity index (χ4n) is 2.80. The molecule has 1 aromatic rings. The van der Waals surface area contributed by atoms with Gasteiger partial charge in [0.05, 0.1) is 22.6 Å². The van der Waals surface area contributed by atoms with Crippen LogP contribution in [0.4, 0.5) is 10.1 Å². The van der Waals surface area contributed by atoms with Crippen LogP contribution in [0, 0.1) is 32.7 Å². The lowest BCUT2D eigenvalue weighted by Crippen LogP contribution is -2.51. The summed E-state index contributed by atoms with van der Waals surface area (Å²) in [6, 6.07) is 4.39. The van der Waals surface area contributed by atoms with Crippen molar-refractivity contribution in [3.8, 4) is 6.07 Å². The third-order valence-electron chi connectivity index (χ3n) is 4.05. The number of non-ortho nitro benzene ring substituents is 1. The summed E-state index contributed by atoms with van der Waals surface area (Å²) in [6.07, 6.45) is 1.53. The average Bonchev–Trinajstić information content (AvgIpc) is 2.45. The molecule has 0 unspecified atom stereocenters. The van der Waals surface area contributed by atoms with Crippen LogP contribution in [0.1, 0.15) is 37.0 Å². The van der Waals surface area contributed by atoms with Gasteiger partial charge in [-0.1, -0.05) is 13.8 Å². The maximum atomic E-state index is 14.0. The fourth-order valence-corrected chi connectivity index (χ4v) is 2.80. The van der Waals surface area contributed by atoms with Gasteiger partial charge in [-0.3, -0.25) is 14.9 Å². The summed E-state index contributed by atoms with van der Waals surface area (Å²) in [4.78, 5) is 23.8. The highest BCUT2D eigenvalue weighted by atomic mass is 19.1. The summed E-state index contributed by atoms with van der Waals surface area (Å²) in [5.41, 5.74) is -1.03. The van der Waals surface area contributed by atoms with E-state index in [9.17, 15) is 24.6 Å². The molecule has 1 amide bonds. The number of hydrogen-bond donors (Lipinski definition) is 0. The van der Waals surface area contributed by atoms with E-state index in [1.165, 1.54) is 4.90 Å². The van der Waals surface area contributed by atoms with Crippen molar-refractivity contribution in [2.75, 3.05) is 6.54 Å². The highest BCUT2D eigenvalue weighted by Crippen LogP contribution is 2.35. The van der Waals surface area contributed by atoms with Gasteiger partial charge in [0.1, 0.15) is 11.9 Å². The molecule has 116 valence electrons. The van der Waals surface area contributed by atoms with Crippen LogP contribution < -0.4 is 0 Å². The Kier molecular flexibility index (Phi) is 4.13. The lowest BCUT2D eigenvalue weighted by Gasteiger charge is -2.42. The number of piperidine rings is 1. The Labute approximate surface area is 127 Å². The topological polar surface area (TPSA) is 87.2 Å². The first-order valence-corrected chi connectivity index (χ1v) is 6.92. The van der Waals surface area contributed by atoms with Crippen LogP contribution in [0.2, 0.25) is 0 Å². The van der Waals surface area contributed by atoms with E-state index in [2.05, 4.69) is 6.07 Å². The number of rotatable bonds is 2. The molecule has 7 heteroatoms. The largest absolute Gasteiger partial charge is 0.322 e.